The Labute approximate surface area is 192 Å². The molecule has 0 radical (unpaired) electrons. The molecule has 2 N–H and O–H groups in total. The van der Waals surface area contributed by atoms with Gasteiger partial charge in [-0.2, -0.15) is 0 Å². The van der Waals surface area contributed by atoms with Crippen LogP contribution in [0.1, 0.15) is 36.7 Å². The van der Waals surface area contributed by atoms with Gasteiger partial charge in [0, 0.05) is 12.1 Å². The molecule has 0 saturated carbocycles. The first kappa shape index (κ1) is 23.9. The number of fused-ring (bicyclic) bond motifs is 1. The fourth-order valence-electron chi connectivity index (χ4n) is 3.12. The Bertz CT molecular complexity index is 989. The van der Waals surface area contributed by atoms with E-state index in [1.54, 1.807) is 50.2 Å². The molecule has 0 fully saturated rings. The summed E-state index contributed by atoms with van der Waals surface area (Å²) in [4.78, 5) is 37.2. The lowest BCUT2D eigenvalue weighted by Crippen LogP contribution is -2.46. The highest BCUT2D eigenvalue weighted by Crippen LogP contribution is 2.32. The lowest BCUT2D eigenvalue weighted by Gasteiger charge is -2.21. The molecule has 3 rings (SSSR count). The van der Waals surface area contributed by atoms with Gasteiger partial charge in [0.05, 0.1) is 6.61 Å². The first-order valence-corrected chi connectivity index (χ1v) is 10.7. The molecule has 1 heterocycles. The molecule has 33 heavy (non-hydrogen) atoms. The van der Waals surface area contributed by atoms with Crippen LogP contribution in [0.15, 0.2) is 42.5 Å². The smallest absolute Gasteiger partial charge is 0.329 e. The van der Waals surface area contributed by atoms with Gasteiger partial charge in [0.1, 0.15) is 11.8 Å². The van der Waals surface area contributed by atoms with E-state index in [1.807, 2.05) is 13.0 Å². The van der Waals surface area contributed by atoms with Crippen molar-refractivity contribution in [1.82, 2.24) is 10.6 Å². The average molecular weight is 456 g/mol. The summed E-state index contributed by atoms with van der Waals surface area (Å²) in [7, 11) is 0. The van der Waals surface area contributed by atoms with Crippen LogP contribution in [-0.2, 0) is 20.9 Å². The zero-order valence-electron chi connectivity index (χ0n) is 18.9. The maximum Gasteiger partial charge on any atom is 0.329 e. The van der Waals surface area contributed by atoms with E-state index in [2.05, 4.69) is 10.6 Å². The number of hydrogen-bond acceptors (Lipinski definition) is 7. The molecule has 9 nitrogen and oxygen atoms in total. The third-order valence-corrected chi connectivity index (χ3v) is 4.91. The van der Waals surface area contributed by atoms with Crippen LogP contribution < -0.4 is 24.8 Å². The van der Waals surface area contributed by atoms with Crippen molar-refractivity contribution in [2.45, 2.75) is 33.4 Å². The number of esters is 1. The number of benzene rings is 2. The van der Waals surface area contributed by atoms with Crippen LogP contribution in [0.4, 0.5) is 0 Å². The van der Waals surface area contributed by atoms with Crippen molar-refractivity contribution >= 4 is 17.8 Å². The number of hydrogen-bond donors (Lipinski definition) is 2. The summed E-state index contributed by atoms with van der Waals surface area (Å²) < 4.78 is 21.1. The van der Waals surface area contributed by atoms with E-state index in [1.165, 1.54) is 0 Å². The number of ether oxygens (including phenoxy) is 4. The van der Waals surface area contributed by atoms with E-state index in [4.69, 9.17) is 18.9 Å². The highest BCUT2D eigenvalue weighted by molar-refractivity contribution is 5.97. The molecule has 0 bridgehead atoms. The van der Waals surface area contributed by atoms with Crippen LogP contribution in [0, 0.1) is 5.92 Å². The molecule has 1 atom stereocenters. The zero-order chi connectivity index (χ0) is 23.8. The highest BCUT2D eigenvalue weighted by Gasteiger charge is 2.27. The van der Waals surface area contributed by atoms with Gasteiger partial charge in [0.15, 0.2) is 18.1 Å². The zero-order valence-corrected chi connectivity index (χ0v) is 18.9. The van der Waals surface area contributed by atoms with Crippen LogP contribution in [0.3, 0.4) is 0 Å². The minimum atomic E-state index is -0.897. The molecule has 176 valence electrons. The summed E-state index contributed by atoms with van der Waals surface area (Å²) in [6, 6.07) is 11.1. The Hall–Kier alpha value is -3.75. The average Bonchev–Trinajstić information content (AvgIpc) is 3.28. The molecule has 9 heteroatoms. The molecule has 2 aromatic rings. The second-order valence-electron chi connectivity index (χ2n) is 7.72. The SMILES string of the molecule is CCOc1ccc(C(=O)N[C@H](C(=O)OCC(=O)NCc2ccc3c(c2)OCO3)C(C)C)cc1. The van der Waals surface area contributed by atoms with Gasteiger partial charge >= 0.3 is 5.97 Å². The number of carbonyl (C=O) groups is 3. The standard InChI is InChI=1S/C24H28N2O7/c1-4-30-18-8-6-17(7-9-18)23(28)26-22(15(2)3)24(29)31-13-21(27)25-12-16-5-10-19-20(11-16)33-14-32-19/h5-11,15,22H,4,12-14H2,1-3H3,(H,25,27)(H,26,28)/t22-/m0/s1. The third-order valence-electron chi connectivity index (χ3n) is 4.91. The fourth-order valence-corrected chi connectivity index (χ4v) is 3.12. The minimum absolute atomic E-state index is 0.174. The third kappa shape index (κ3) is 6.61. The van der Waals surface area contributed by atoms with Crippen LogP contribution in [-0.4, -0.2) is 43.8 Å². The minimum Gasteiger partial charge on any atom is -0.494 e. The van der Waals surface area contributed by atoms with Crippen molar-refractivity contribution in [2.75, 3.05) is 20.0 Å². The lowest BCUT2D eigenvalue weighted by atomic mass is 10.0. The number of nitrogens with one attached hydrogen (secondary N) is 2. The van der Waals surface area contributed by atoms with Gasteiger partial charge in [-0.25, -0.2) is 4.79 Å². The lowest BCUT2D eigenvalue weighted by molar-refractivity contribution is -0.151. The second-order valence-corrected chi connectivity index (χ2v) is 7.72. The van der Waals surface area contributed by atoms with Crippen molar-refractivity contribution < 1.29 is 33.3 Å². The van der Waals surface area contributed by atoms with Crippen molar-refractivity contribution in [1.29, 1.82) is 0 Å². The molecule has 2 amide bonds. The monoisotopic (exact) mass is 456 g/mol. The maximum absolute atomic E-state index is 12.6. The number of amides is 2. The highest BCUT2D eigenvalue weighted by atomic mass is 16.7. The number of rotatable bonds is 10. The van der Waals surface area contributed by atoms with Crippen LogP contribution in [0.5, 0.6) is 17.2 Å². The molecule has 0 aromatic heterocycles. The summed E-state index contributed by atoms with van der Waals surface area (Å²) in [6.45, 7) is 5.93. The van der Waals surface area contributed by atoms with E-state index in [-0.39, 0.29) is 19.3 Å². The normalized spacial score (nSPS) is 12.7. The van der Waals surface area contributed by atoms with Gasteiger partial charge in [-0.3, -0.25) is 9.59 Å². The van der Waals surface area contributed by atoms with Crippen molar-refractivity contribution in [3.05, 3.63) is 53.6 Å². The van der Waals surface area contributed by atoms with Crippen molar-refractivity contribution in [3.63, 3.8) is 0 Å². The van der Waals surface area contributed by atoms with Gasteiger partial charge < -0.3 is 29.6 Å². The number of carbonyl (C=O) groups excluding carboxylic acids is 3. The Kier molecular flexibility index (Phi) is 8.12. The molecule has 0 unspecified atom stereocenters. The van der Waals surface area contributed by atoms with Gasteiger partial charge in [-0.15, -0.1) is 0 Å². The van der Waals surface area contributed by atoms with Crippen LogP contribution >= 0.6 is 0 Å². The van der Waals surface area contributed by atoms with E-state index >= 15 is 0 Å². The molecule has 0 aliphatic carbocycles. The fraction of sp³-hybridized carbons (Fsp3) is 0.375. The molecule has 0 saturated heterocycles. The van der Waals surface area contributed by atoms with Crippen LogP contribution in [0.25, 0.3) is 0 Å². The van der Waals surface area contributed by atoms with Gasteiger partial charge in [0.25, 0.3) is 11.8 Å². The molecular weight excluding hydrogens is 428 g/mol. The summed E-state index contributed by atoms with van der Waals surface area (Å²) in [6.07, 6.45) is 0. The predicted octanol–water partition coefficient (Wildman–Crippen LogP) is 2.43. The van der Waals surface area contributed by atoms with Gasteiger partial charge in [0.2, 0.25) is 6.79 Å². The second kappa shape index (κ2) is 11.2. The quantitative estimate of drug-likeness (QED) is 0.528. The summed E-state index contributed by atoms with van der Waals surface area (Å²) in [5.74, 6) is 0.147. The first-order chi connectivity index (χ1) is 15.9. The maximum atomic E-state index is 12.6. The molecule has 0 spiro atoms. The van der Waals surface area contributed by atoms with E-state index in [0.717, 1.165) is 5.56 Å². The van der Waals surface area contributed by atoms with Crippen molar-refractivity contribution in [3.8, 4) is 17.2 Å². The van der Waals surface area contributed by atoms with Gasteiger partial charge in [-0.05, 0) is 54.8 Å². The van der Waals surface area contributed by atoms with Gasteiger partial charge in [-0.1, -0.05) is 19.9 Å². The predicted molar refractivity (Wildman–Crippen MR) is 119 cm³/mol. The first-order valence-electron chi connectivity index (χ1n) is 10.7. The Morgan fingerprint density at radius 1 is 1.03 bits per heavy atom. The Morgan fingerprint density at radius 2 is 1.76 bits per heavy atom. The largest absolute Gasteiger partial charge is 0.494 e. The van der Waals surface area contributed by atoms with E-state index in [0.29, 0.717) is 29.4 Å². The van der Waals surface area contributed by atoms with Crippen molar-refractivity contribution in [2.24, 2.45) is 5.92 Å². The molecule has 1 aliphatic rings. The topological polar surface area (TPSA) is 112 Å². The Morgan fingerprint density at radius 3 is 2.45 bits per heavy atom. The van der Waals surface area contributed by atoms with E-state index in [9.17, 15) is 14.4 Å². The summed E-state index contributed by atoms with van der Waals surface area (Å²) in [5.41, 5.74) is 1.21. The van der Waals surface area contributed by atoms with E-state index < -0.39 is 30.4 Å². The van der Waals surface area contributed by atoms with Crippen LogP contribution in [0.2, 0.25) is 0 Å². The molecular formula is C24H28N2O7. The summed E-state index contributed by atoms with van der Waals surface area (Å²) in [5, 5.41) is 5.36. The molecule has 2 aromatic carbocycles. The summed E-state index contributed by atoms with van der Waals surface area (Å²) >= 11 is 0. The molecule has 1 aliphatic heterocycles. The Balaban J connectivity index is 1.47.